The molecule has 1 aromatic heterocycles. The number of hydrogen-bond acceptors (Lipinski definition) is 6. The molecule has 0 saturated heterocycles. The van der Waals surface area contributed by atoms with E-state index in [0.29, 0.717) is 18.1 Å². The minimum Gasteiger partial charge on any atom is -0.464 e. The number of rotatable bonds is 6. The number of nitrogens with one attached hydrogen (secondary N) is 1. The van der Waals surface area contributed by atoms with E-state index in [2.05, 4.69) is 20.3 Å². The van der Waals surface area contributed by atoms with E-state index in [1.807, 2.05) is 6.92 Å². The van der Waals surface area contributed by atoms with Gasteiger partial charge in [-0.2, -0.15) is 9.97 Å². The number of aromatic nitrogens is 3. The predicted octanol–water partition coefficient (Wildman–Crippen LogP) is 2.03. The molecule has 0 spiro atoms. The van der Waals surface area contributed by atoms with Crippen LogP contribution in [0.4, 0.5) is 10.3 Å². The molecule has 0 aliphatic heterocycles. The molecule has 2 aromatic rings. The van der Waals surface area contributed by atoms with Gasteiger partial charge in [0.2, 0.25) is 5.95 Å². The molecule has 0 aliphatic rings. The van der Waals surface area contributed by atoms with Crippen molar-refractivity contribution in [3.8, 4) is 12.0 Å². The Labute approximate surface area is 116 Å². The highest BCUT2D eigenvalue weighted by atomic mass is 19.1. The van der Waals surface area contributed by atoms with Crippen LogP contribution in [0, 0.1) is 5.82 Å². The largest absolute Gasteiger partial charge is 0.464 e. The van der Waals surface area contributed by atoms with Gasteiger partial charge in [0.05, 0.1) is 6.61 Å². The Morgan fingerprint density at radius 1 is 1.10 bits per heavy atom. The number of ether oxygens (including phenoxy) is 2. The third-order valence-corrected chi connectivity index (χ3v) is 2.41. The Kier molecular flexibility index (Phi) is 4.65. The molecule has 1 N–H and O–H groups in total. The molecule has 0 amide bonds. The first-order valence-corrected chi connectivity index (χ1v) is 6.15. The average molecular weight is 278 g/mol. The fourth-order valence-electron chi connectivity index (χ4n) is 1.47. The summed E-state index contributed by atoms with van der Waals surface area (Å²) < 4.78 is 24.1. The van der Waals surface area contributed by atoms with Crippen molar-refractivity contribution in [3.05, 3.63) is 35.6 Å². The van der Waals surface area contributed by atoms with Crippen LogP contribution in [0.2, 0.25) is 0 Å². The number of anilines is 1. The number of halogens is 1. The number of nitrogens with zero attached hydrogens (tertiary/aromatic N) is 3. The molecule has 1 heterocycles. The maximum Gasteiger partial charge on any atom is 0.324 e. The van der Waals surface area contributed by atoms with Gasteiger partial charge in [0.1, 0.15) is 12.4 Å². The first-order valence-electron chi connectivity index (χ1n) is 6.15. The Bertz CT molecular complexity index is 580. The zero-order chi connectivity index (χ0) is 14.4. The molecule has 0 bridgehead atoms. The first kappa shape index (κ1) is 14.0. The standard InChI is InChI=1S/C13H15FN4O2/c1-3-19-12-16-11(15-2)17-13(18-12)20-8-9-6-4-5-7-10(9)14/h4-7H,3,8H2,1-2H3,(H,15,16,17,18). The summed E-state index contributed by atoms with van der Waals surface area (Å²) in [6.45, 7) is 2.29. The second-order valence-electron chi connectivity index (χ2n) is 3.79. The summed E-state index contributed by atoms with van der Waals surface area (Å²) in [5.41, 5.74) is 0.428. The fourth-order valence-corrected chi connectivity index (χ4v) is 1.47. The van der Waals surface area contributed by atoms with Crippen molar-refractivity contribution in [2.45, 2.75) is 13.5 Å². The maximum absolute atomic E-state index is 13.5. The SMILES string of the molecule is CCOc1nc(NC)nc(OCc2ccccc2F)n1. The molecule has 2 rings (SSSR count). The molecule has 1 aromatic carbocycles. The van der Waals surface area contributed by atoms with Gasteiger partial charge in [-0.3, -0.25) is 0 Å². The maximum atomic E-state index is 13.5. The lowest BCUT2D eigenvalue weighted by Crippen LogP contribution is -2.07. The molecular formula is C13H15FN4O2. The average Bonchev–Trinajstić information content (AvgIpc) is 2.46. The highest BCUT2D eigenvalue weighted by Crippen LogP contribution is 2.15. The van der Waals surface area contributed by atoms with Crippen molar-refractivity contribution in [1.29, 1.82) is 0 Å². The van der Waals surface area contributed by atoms with E-state index in [1.54, 1.807) is 25.2 Å². The third kappa shape index (κ3) is 3.53. The fraction of sp³-hybridized carbons (Fsp3) is 0.308. The Morgan fingerprint density at radius 2 is 1.80 bits per heavy atom. The third-order valence-electron chi connectivity index (χ3n) is 2.41. The minimum atomic E-state index is -0.333. The summed E-state index contributed by atoms with van der Waals surface area (Å²) in [5, 5.41) is 2.78. The summed E-state index contributed by atoms with van der Waals surface area (Å²) in [7, 11) is 1.67. The van der Waals surface area contributed by atoms with Crippen molar-refractivity contribution in [2.24, 2.45) is 0 Å². The molecule has 0 atom stereocenters. The lowest BCUT2D eigenvalue weighted by atomic mass is 10.2. The van der Waals surface area contributed by atoms with E-state index in [1.165, 1.54) is 6.07 Å². The summed E-state index contributed by atoms with van der Waals surface area (Å²) in [6, 6.07) is 6.61. The summed E-state index contributed by atoms with van der Waals surface area (Å²) in [6.07, 6.45) is 0. The predicted molar refractivity (Wildman–Crippen MR) is 71.3 cm³/mol. The van der Waals surface area contributed by atoms with Gasteiger partial charge in [0.25, 0.3) is 0 Å². The van der Waals surface area contributed by atoms with E-state index in [9.17, 15) is 4.39 Å². The molecule has 0 saturated carbocycles. The molecule has 0 fully saturated rings. The van der Waals surface area contributed by atoms with E-state index < -0.39 is 0 Å². The van der Waals surface area contributed by atoms with Gasteiger partial charge in [-0.05, 0) is 13.0 Å². The lowest BCUT2D eigenvalue weighted by Gasteiger charge is -2.08. The van der Waals surface area contributed by atoms with Gasteiger partial charge in [-0.15, -0.1) is 4.98 Å². The Hall–Kier alpha value is -2.44. The second kappa shape index (κ2) is 6.65. The lowest BCUT2D eigenvalue weighted by molar-refractivity contribution is 0.258. The summed E-state index contributed by atoms with van der Waals surface area (Å²) >= 11 is 0. The van der Waals surface area contributed by atoms with Crippen LogP contribution in [0.1, 0.15) is 12.5 Å². The molecular weight excluding hydrogens is 263 g/mol. The number of benzene rings is 1. The van der Waals surface area contributed by atoms with E-state index in [-0.39, 0.29) is 24.4 Å². The van der Waals surface area contributed by atoms with Crippen LogP contribution in [0.5, 0.6) is 12.0 Å². The van der Waals surface area contributed by atoms with E-state index in [0.717, 1.165) is 0 Å². The van der Waals surface area contributed by atoms with Crippen molar-refractivity contribution >= 4 is 5.95 Å². The topological polar surface area (TPSA) is 69.2 Å². The first-order chi connectivity index (χ1) is 9.72. The van der Waals surface area contributed by atoms with Crippen molar-refractivity contribution in [3.63, 3.8) is 0 Å². The molecule has 106 valence electrons. The van der Waals surface area contributed by atoms with Gasteiger partial charge in [-0.1, -0.05) is 18.2 Å². The van der Waals surface area contributed by atoms with Gasteiger partial charge in [-0.25, -0.2) is 4.39 Å². The van der Waals surface area contributed by atoms with Crippen LogP contribution in [-0.4, -0.2) is 28.6 Å². The normalized spacial score (nSPS) is 10.2. The van der Waals surface area contributed by atoms with Crippen LogP contribution < -0.4 is 14.8 Å². The van der Waals surface area contributed by atoms with E-state index >= 15 is 0 Å². The van der Waals surface area contributed by atoms with Crippen LogP contribution in [0.25, 0.3) is 0 Å². The molecule has 6 nitrogen and oxygen atoms in total. The minimum absolute atomic E-state index is 0.0331. The highest BCUT2D eigenvalue weighted by Gasteiger charge is 2.09. The Morgan fingerprint density at radius 3 is 2.45 bits per heavy atom. The van der Waals surface area contributed by atoms with Gasteiger partial charge in [0.15, 0.2) is 0 Å². The molecule has 0 radical (unpaired) electrons. The van der Waals surface area contributed by atoms with Gasteiger partial charge >= 0.3 is 12.0 Å². The van der Waals surface area contributed by atoms with Crippen LogP contribution in [0.3, 0.4) is 0 Å². The van der Waals surface area contributed by atoms with Crippen LogP contribution in [0.15, 0.2) is 24.3 Å². The van der Waals surface area contributed by atoms with Crippen molar-refractivity contribution in [1.82, 2.24) is 15.0 Å². The van der Waals surface area contributed by atoms with Crippen LogP contribution in [-0.2, 0) is 6.61 Å². The zero-order valence-electron chi connectivity index (χ0n) is 11.3. The second-order valence-corrected chi connectivity index (χ2v) is 3.79. The quantitative estimate of drug-likeness (QED) is 0.872. The summed E-state index contributed by atoms with van der Waals surface area (Å²) in [4.78, 5) is 12.0. The van der Waals surface area contributed by atoms with Gasteiger partial charge < -0.3 is 14.8 Å². The van der Waals surface area contributed by atoms with Crippen molar-refractivity contribution < 1.29 is 13.9 Å². The van der Waals surface area contributed by atoms with Crippen molar-refractivity contribution in [2.75, 3.05) is 19.0 Å². The number of hydrogen-bond donors (Lipinski definition) is 1. The molecule has 0 unspecified atom stereocenters. The molecule has 20 heavy (non-hydrogen) atoms. The Balaban J connectivity index is 2.12. The molecule has 0 aliphatic carbocycles. The highest BCUT2D eigenvalue weighted by molar-refractivity contribution is 5.26. The smallest absolute Gasteiger partial charge is 0.324 e. The van der Waals surface area contributed by atoms with Crippen LogP contribution >= 0.6 is 0 Å². The monoisotopic (exact) mass is 278 g/mol. The van der Waals surface area contributed by atoms with E-state index in [4.69, 9.17) is 9.47 Å². The van der Waals surface area contributed by atoms with Gasteiger partial charge in [0, 0.05) is 12.6 Å². The zero-order valence-corrected chi connectivity index (χ0v) is 11.3. The summed E-state index contributed by atoms with van der Waals surface area (Å²) in [5.74, 6) is -0.00703. The molecule has 7 heteroatoms.